The Balaban J connectivity index is 1.48. The van der Waals surface area contributed by atoms with Gasteiger partial charge >= 0.3 is 0 Å². The quantitative estimate of drug-likeness (QED) is 0.612. The van der Waals surface area contributed by atoms with Crippen molar-refractivity contribution < 1.29 is 14.4 Å². The molecule has 7 nitrogen and oxygen atoms in total. The number of carbonyl (C=O) groups is 3. The number of nitrogens with zero attached hydrogens (tertiary/aromatic N) is 3. The number of likely N-dealkylation sites (tertiary alicyclic amines) is 1. The molecular weight excluding hydrogens is 452 g/mol. The van der Waals surface area contributed by atoms with E-state index in [1.54, 1.807) is 11.1 Å². The van der Waals surface area contributed by atoms with Gasteiger partial charge in [0.15, 0.2) is 0 Å². The smallest absolute Gasteiger partial charge is 0.251 e. The highest BCUT2D eigenvalue weighted by molar-refractivity contribution is 5.98. The zero-order valence-electron chi connectivity index (χ0n) is 21.1. The van der Waals surface area contributed by atoms with Crippen LogP contribution in [-0.4, -0.2) is 52.1 Å². The molecule has 7 heteroatoms. The zero-order chi connectivity index (χ0) is 25.3. The predicted octanol–water partition coefficient (Wildman–Crippen LogP) is 3.86. The molecule has 1 aromatic carbocycles. The van der Waals surface area contributed by atoms with Crippen LogP contribution in [-0.2, 0) is 27.3 Å². The molecule has 2 aliphatic rings. The number of benzene rings is 1. The SMILES string of the molecule is CC1=C(C(=O)N2CCCCCC2)CC(CC(=O)NCCc2ccccn2)C(=O)N1Cc1ccccc1. The summed E-state index contributed by atoms with van der Waals surface area (Å²) in [4.78, 5) is 47.9. The van der Waals surface area contributed by atoms with Crippen LogP contribution in [0.15, 0.2) is 66.0 Å². The maximum absolute atomic E-state index is 13.6. The predicted molar refractivity (Wildman–Crippen MR) is 138 cm³/mol. The van der Waals surface area contributed by atoms with Gasteiger partial charge < -0.3 is 15.1 Å². The number of carbonyl (C=O) groups excluding carboxylic acids is 3. The van der Waals surface area contributed by atoms with Gasteiger partial charge in [0, 0.05) is 55.6 Å². The summed E-state index contributed by atoms with van der Waals surface area (Å²) in [6.07, 6.45) is 7.03. The van der Waals surface area contributed by atoms with E-state index in [0.717, 1.165) is 50.0 Å². The van der Waals surface area contributed by atoms with Crippen LogP contribution in [0.5, 0.6) is 0 Å². The third-order valence-electron chi connectivity index (χ3n) is 7.10. The van der Waals surface area contributed by atoms with E-state index in [2.05, 4.69) is 10.3 Å². The maximum atomic E-state index is 13.6. The first-order valence-corrected chi connectivity index (χ1v) is 13.0. The molecule has 3 heterocycles. The summed E-state index contributed by atoms with van der Waals surface area (Å²) < 4.78 is 0. The van der Waals surface area contributed by atoms with Crippen LogP contribution in [0.3, 0.4) is 0 Å². The number of nitrogens with one attached hydrogen (secondary N) is 1. The van der Waals surface area contributed by atoms with Gasteiger partial charge in [-0.05, 0) is 43.9 Å². The fourth-order valence-corrected chi connectivity index (χ4v) is 5.03. The second-order valence-electron chi connectivity index (χ2n) is 9.71. The van der Waals surface area contributed by atoms with Crippen LogP contribution < -0.4 is 5.32 Å². The molecule has 1 fully saturated rings. The molecule has 1 atom stereocenters. The van der Waals surface area contributed by atoms with Crippen molar-refractivity contribution in [2.45, 2.75) is 58.4 Å². The molecule has 2 aromatic rings. The van der Waals surface area contributed by atoms with Crippen molar-refractivity contribution in [1.29, 1.82) is 0 Å². The molecule has 1 saturated heterocycles. The molecule has 1 aromatic heterocycles. The Bertz CT molecular complexity index is 1080. The van der Waals surface area contributed by atoms with Gasteiger partial charge in [-0.25, -0.2) is 0 Å². The number of hydrogen-bond acceptors (Lipinski definition) is 4. The second-order valence-corrected chi connectivity index (χ2v) is 9.71. The fourth-order valence-electron chi connectivity index (χ4n) is 5.03. The third-order valence-corrected chi connectivity index (χ3v) is 7.10. The fraction of sp³-hybridized carbons (Fsp3) is 0.448. The Kier molecular flexibility index (Phi) is 8.87. The van der Waals surface area contributed by atoms with E-state index in [9.17, 15) is 14.4 Å². The average Bonchev–Trinajstić information content (AvgIpc) is 3.19. The van der Waals surface area contributed by atoms with Gasteiger partial charge in [-0.3, -0.25) is 19.4 Å². The minimum absolute atomic E-state index is 0.0144. The monoisotopic (exact) mass is 488 g/mol. The van der Waals surface area contributed by atoms with E-state index >= 15 is 0 Å². The van der Waals surface area contributed by atoms with E-state index in [1.165, 1.54) is 0 Å². The van der Waals surface area contributed by atoms with Gasteiger partial charge in [0.25, 0.3) is 5.91 Å². The van der Waals surface area contributed by atoms with Crippen molar-refractivity contribution in [3.8, 4) is 0 Å². The Morgan fingerprint density at radius 1 is 1.00 bits per heavy atom. The maximum Gasteiger partial charge on any atom is 0.251 e. The van der Waals surface area contributed by atoms with E-state index < -0.39 is 5.92 Å². The lowest BCUT2D eigenvalue weighted by Crippen LogP contribution is -2.44. The lowest BCUT2D eigenvalue weighted by atomic mass is 9.88. The molecular formula is C29H36N4O3. The highest BCUT2D eigenvalue weighted by Gasteiger charge is 2.37. The average molecular weight is 489 g/mol. The molecule has 2 aliphatic heterocycles. The molecule has 1 unspecified atom stereocenters. The van der Waals surface area contributed by atoms with Gasteiger partial charge in [-0.15, -0.1) is 0 Å². The molecule has 190 valence electrons. The molecule has 36 heavy (non-hydrogen) atoms. The first kappa shape index (κ1) is 25.6. The lowest BCUT2D eigenvalue weighted by Gasteiger charge is -2.36. The summed E-state index contributed by atoms with van der Waals surface area (Å²) in [5.74, 6) is -0.813. The Hall–Kier alpha value is -3.48. The number of rotatable bonds is 8. The third kappa shape index (κ3) is 6.59. The molecule has 4 rings (SSSR count). The first-order chi connectivity index (χ1) is 17.5. The van der Waals surface area contributed by atoms with Crippen LogP contribution in [0.2, 0.25) is 0 Å². The van der Waals surface area contributed by atoms with Crippen molar-refractivity contribution in [2.24, 2.45) is 5.92 Å². The second kappa shape index (κ2) is 12.5. The highest BCUT2D eigenvalue weighted by Crippen LogP contribution is 2.32. The highest BCUT2D eigenvalue weighted by atomic mass is 16.2. The molecule has 3 amide bonds. The molecule has 0 saturated carbocycles. The summed E-state index contributed by atoms with van der Waals surface area (Å²) in [6.45, 7) is 4.22. The van der Waals surface area contributed by atoms with Crippen LogP contribution in [0, 0.1) is 5.92 Å². The van der Waals surface area contributed by atoms with Crippen molar-refractivity contribution in [3.63, 3.8) is 0 Å². The standard InChI is InChI=1S/C29H36N4O3/c1-22-26(29(36)32-17-9-2-3-10-18-32)19-24(28(35)33(22)21-23-11-5-4-6-12-23)20-27(34)31-16-14-25-13-7-8-15-30-25/h4-8,11-13,15,24H,2-3,9-10,14,16-21H2,1H3,(H,31,34). The summed E-state index contributed by atoms with van der Waals surface area (Å²) in [5.41, 5.74) is 3.28. The molecule has 1 N–H and O–H groups in total. The van der Waals surface area contributed by atoms with Crippen molar-refractivity contribution >= 4 is 17.7 Å². The summed E-state index contributed by atoms with van der Waals surface area (Å²) >= 11 is 0. The topological polar surface area (TPSA) is 82.6 Å². The normalized spacial score (nSPS) is 18.7. The lowest BCUT2D eigenvalue weighted by molar-refractivity contribution is -0.139. The van der Waals surface area contributed by atoms with E-state index in [1.807, 2.05) is 60.4 Å². The number of amides is 3. The van der Waals surface area contributed by atoms with Crippen LogP contribution in [0.1, 0.15) is 56.7 Å². The van der Waals surface area contributed by atoms with Crippen molar-refractivity contribution in [3.05, 3.63) is 77.3 Å². The molecule has 0 aliphatic carbocycles. The molecule has 0 bridgehead atoms. The van der Waals surface area contributed by atoms with Gasteiger partial charge in [0.2, 0.25) is 11.8 Å². The van der Waals surface area contributed by atoms with Crippen LogP contribution >= 0.6 is 0 Å². The number of hydrogen-bond donors (Lipinski definition) is 1. The summed E-state index contributed by atoms with van der Waals surface area (Å²) in [5, 5.41) is 2.93. The van der Waals surface area contributed by atoms with Crippen molar-refractivity contribution in [1.82, 2.24) is 20.1 Å². The minimum atomic E-state index is -0.557. The Morgan fingerprint density at radius 2 is 1.72 bits per heavy atom. The van der Waals surface area contributed by atoms with Gasteiger partial charge in [0.05, 0.1) is 12.5 Å². The van der Waals surface area contributed by atoms with Crippen LogP contribution in [0.4, 0.5) is 0 Å². The largest absolute Gasteiger partial charge is 0.356 e. The van der Waals surface area contributed by atoms with E-state index in [-0.39, 0.29) is 24.1 Å². The Morgan fingerprint density at radius 3 is 2.42 bits per heavy atom. The minimum Gasteiger partial charge on any atom is -0.356 e. The van der Waals surface area contributed by atoms with Gasteiger partial charge in [-0.1, -0.05) is 49.2 Å². The van der Waals surface area contributed by atoms with E-state index in [0.29, 0.717) is 37.2 Å². The van der Waals surface area contributed by atoms with Gasteiger partial charge in [0.1, 0.15) is 0 Å². The van der Waals surface area contributed by atoms with Gasteiger partial charge in [-0.2, -0.15) is 0 Å². The Labute approximate surface area is 213 Å². The summed E-state index contributed by atoms with van der Waals surface area (Å²) in [7, 11) is 0. The van der Waals surface area contributed by atoms with E-state index in [4.69, 9.17) is 0 Å². The summed E-state index contributed by atoms with van der Waals surface area (Å²) in [6, 6.07) is 15.5. The first-order valence-electron chi connectivity index (χ1n) is 13.0. The number of pyridine rings is 1. The van der Waals surface area contributed by atoms with Crippen LogP contribution in [0.25, 0.3) is 0 Å². The van der Waals surface area contributed by atoms with Crippen molar-refractivity contribution in [2.75, 3.05) is 19.6 Å². The number of aromatic nitrogens is 1. The molecule has 0 radical (unpaired) electrons. The molecule has 0 spiro atoms. The zero-order valence-corrected chi connectivity index (χ0v) is 21.1. The number of allylic oxidation sites excluding steroid dienone is 1.